The van der Waals surface area contributed by atoms with Gasteiger partial charge in [-0.2, -0.15) is 0 Å². The summed E-state index contributed by atoms with van der Waals surface area (Å²) in [5.74, 6) is 0.00894. The van der Waals surface area contributed by atoms with Crippen molar-refractivity contribution in [1.82, 2.24) is 10.2 Å². The summed E-state index contributed by atoms with van der Waals surface area (Å²) in [6, 6.07) is 7.55. The molecule has 1 aromatic rings. The molecule has 0 bridgehead atoms. The molecule has 2 atom stereocenters. The molecule has 4 nitrogen and oxygen atoms in total. The third-order valence-corrected chi connectivity index (χ3v) is 3.74. The number of halogens is 2. The number of nitrogens with zero attached hydrogens (tertiary/aromatic N) is 1. The zero-order valence-corrected chi connectivity index (χ0v) is 13.2. The lowest BCUT2D eigenvalue weighted by Crippen LogP contribution is -2.48. The second kappa shape index (κ2) is 7.84. The van der Waals surface area contributed by atoms with E-state index in [0.29, 0.717) is 18.2 Å². The SMILES string of the molecule is CC(c1ccc(Cl)cc1)N(C)C(=O)C1CNCCO1.Cl. The highest BCUT2D eigenvalue weighted by molar-refractivity contribution is 6.30. The van der Waals surface area contributed by atoms with E-state index in [-0.39, 0.29) is 30.5 Å². The standard InChI is InChI=1S/C14H19ClN2O2.ClH/c1-10(11-3-5-12(15)6-4-11)17(2)14(18)13-9-16-7-8-19-13;/h3-6,10,13,16H,7-9H2,1-2H3;1H. The van der Waals surface area contributed by atoms with Crippen molar-refractivity contribution in [2.75, 3.05) is 26.7 Å². The van der Waals surface area contributed by atoms with Crippen LogP contribution in [0.5, 0.6) is 0 Å². The summed E-state index contributed by atoms with van der Waals surface area (Å²) in [5.41, 5.74) is 1.06. The second-order valence-corrected chi connectivity index (χ2v) is 5.18. The van der Waals surface area contributed by atoms with Crippen molar-refractivity contribution in [1.29, 1.82) is 0 Å². The highest BCUT2D eigenvalue weighted by Crippen LogP contribution is 2.21. The Labute approximate surface area is 130 Å². The number of carbonyl (C=O) groups excluding carboxylic acids is 1. The van der Waals surface area contributed by atoms with Crippen LogP contribution in [0.2, 0.25) is 5.02 Å². The van der Waals surface area contributed by atoms with Crippen molar-refractivity contribution in [2.45, 2.75) is 19.1 Å². The molecular formula is C14H20Cl2N2O2. The molecular weight excluding hydrogens is 299 g/mol. The first kappa shape index (κ1) is 17.2. The molecule has 1 heterocycles. The van der Waals surface area contributed by atoms with Gasteiger partial charge in [-0.25, -0.2) is 0 Å². The van der Waals surface area contributed by atoms with Crippen molar-refractivity contribution in [3.05, 3.63) is 34.9 Å². The predicted octanol–water partition coefficient (Wildman–Crippen LogP) is 2.27. The van der Waals surface area contributed by atoms with Gasteiger partial charge in [0.25, 0.3) is 5.91 Å². The molecule has 1 aromatic carbocycles. The van der Waals surface area contributed by atoms with Crippen LogP contribution in [-0.4, -0.2) is 43.7 Å². The van der Waals surface area contributed by atoms with Gasteiger partial charge in [0.1, 0.15) is 6.10 Å². The third kappa shape index (κ3) is 4.09. The van der Waals surface area contributed by atoms with Crippen LogP contribution in [0.4, 0.5) is 0 Å². The molecule has 2 unspecified atom stereocenters. The van der Waals surface area contributed by atoms with Crippen LogP contribution in [0, 0.1) is 0 Å². The van der Waals surface area contributed by atoms with E-state index in [1.165, 1.54) is 0 Å². The summed E-state index contributed by atoms with van der Waals surface area (Å²) in [5, 5.41) is 3.87. The average Bonchev–Trinajstić information content (AvgIpc) is 2.46. The van der Waals surface area contributed by atoms with Crippen LogP contribution in [0.1, 0.15) is 18.5 Å². The largest absolute Gasteiger partial charge is 0.366 e. The number of benzene rings is 1. The van der Waals surface area contributed by atoms with Crippen LogP contribution in [0.15, 0.2) is 24.3 Å². The maximum atomic E-state index is 12.3. The summed E-state index contributed by atoms with van der Waals surface area (Å²) in [6.07, 6.45) is -0.381. The molecule has 1 amide bonds. The monoisotopic (exact) mass is 318 g/mol. The molecule has 112 valence electrons. The first-order valence-corrected chi connectivity index (χ1v) is 6.82. The van der Waals surface area contributed by atoms with E-state index in [0.717, 1.165) is 12.1 Å². The van der Waals surface area contributed by atoms with E-state index in [1.807, 2.05) is 31.2 Å². The highest BCUT2D eigenvalue weighted by Gasteiger charge is 2.27. The minimum Gasteiger partial charge on any atom is -0.366 e. The van der Waals surface area contributed by atoms with Crippen LogP contribution in [-0.2, 0) is 9.53 Å². The molecule has 1 fully saturated rings. The van der Waals surface area contributed by atoms with Gasteiger partial charge < -0.3 is 15.0 Å². The van der Waals surface area contributed by atoms with E-state index in [1.54, 1.807) is 11.9 Å². The fourth-order valence-corrected chi connectivity index (χ4v) is 2.23. The van der Waals surface area contributed by atoms with Crippen LogP contribution in [0.3, 0.4) is 0 Å². The molecule has 0 radical (unpaired) electrons. The van der Waals surface area contributed by atoms with Gasteiger partial charge in [0.05, 0.1) is 12.6 Å². The minimum atomic E-state index is -0.381. The van der Waals surface area contributed by atoms with E-state index in [2.05, 4.69) is 5.32 Å². The lowest BCUT2D eigenvalue weighted by molar-refractivity contribution is -0.145. The molecule has 6 heteroatoms. The number of nitrogens with one attached hydrogen (secondary N) is 1. The Morgan fingerprint density at radius 1 is 1.45 bits per heavy atom. The van der Waals surface area contributed by atoms with Crippen molar-refractivity contribution >= 4 is 29.9 Å². The molecule has 0 aliphatic carbocycles. The van der Waals surface area contributed by atoms with Gasteiger partial charge in [0, 0.05) is 25.2 Å². The Bertz CT molecular complexity index is 433. The third-order valence-electron chi connectivity index (χ3n) is 3.48. The molecule has 1 saturated heterocycles. The Morgan fingerprint density at radius 3 is 2.65 bits per heavy atom. The molecule has 0 saturated carbocycles. The fourth-order valence-electron chi connectivity index (χ4n) is 2.11. The quantitative estimate of drug-likeness (QED) is 0.929. The molecule has 0 aromatic heterocycles. The summed E-state index contributed by atoms with van der Waals surface area (Å²) in [6.45, 7) is 3.97. The van der Waals surface area contributed by atoms with Crippen molar-refractivity contribution < 1.29 is 9.53 Å². The zero-order chi connectivity index (χ0) is 13.8. The Morgan fingerprint density at radius 2 is 2.10 bits per heavy atom. The number of morpholine rings is 1. The van der Waals surface area contributed by atoms with Crippen molar-refractivity contribution in [2.24, 2.45) is 0 Å². The Balaban J connectivity index is 0.00000200. The minimum absolute atomic E-state index is 0. The molecule has 1 aliphatic rings. The van der Waals surface area contributed by atoms with E-state index < -0.39 is 0 Å². The topological polar surface area (TPSA) is 41.6 Å². The Kier molecular flexibility index (Phi) is 6.76. The van der Waals surface area contributed by atoms with E-state index >= 15 is 0 Å². The van der Waals surface area contributed by atoms with Crippen LogP contribution >= 0.6 is 24.0 Å². The number of hydrogen-bond donors (Lipinski definition) is 1. The number of likely N-dealkylation sites (N-methyl/N-ethyl adjacent to an activating group) is 1. The molecule has 1 N–H and O–H groups in total. The van der Waals surface area contributed by atoms with Gasteiger partial charge in [0.2, 0.25) is 0 Å². The van der Waals surface area contributed by atoms with Gasteiger partial charge in [-0.15, -0.1) is 12.4 Å². The summed E-state index contributed by atoms with van der Waals surface area (Å²) >= 11 is 5.87. The number of rotatable bonds is 3. The second-order valence-electron chi connectivity index (χ2n) is 4.74. The number of ether oxygens (including phenoxy) is 1. The van der Waals surface area contributed by atoms with Gasteiger partial charge in [-0.3, -0.25) is 4.79 Å². The molecule has 20 heavy (non-hydrogen) atoms. The first-order chi connectivity index (χ1) is 9.09. The van der Waals surface area contributed by atoms with Gasteiger partial charge >= 0.3 is 0 Å². The normalized spacial score (nSPS) is 19.9. The summed E-state index contributed by atoms with van der Waals surface area (Å²) in [4.78, 5) is 14.0. The van der Waals surface area contributed by atoms with E-state index in [9.17, 15) is 4.79 Å². The average molecular weight is 319 g/mol. The Hall–Kier alpha value is -0.810. The van der Waals surface area contributed by atoms with Gasteiger partial charge in [-0.1, -0.05) is 23.7 Å². The lowest BCUT2D eigenvalue weighted by atomic mass is 10.1. The number of carbonyl (C=O) groups is 1. The van der Waals surface area contributed by atoms with Crippen molar-refractivity contribution in [3.8, 4) is 0 Å². The maximum Gasteiger partial charge on any atom is 0.253 e. The smallest absolute Gasteiger partial charge is 0.253 e. The predicted molar refractivity (Wildman–Crippen MR) is 82.5 cm³/mol. The molecule has 1 aliphatic heterocycles. The first-order valence-electron chi connectivity index (χ1n) is 6.44. The summed E-state index contributed by atoms with van der Waals surface area (Å²) < 4.78 is 5.49. The molecule has 2 rings (SSSR count). The molecule has 0 spiro atoms. The zero-order valence-electron chi connectivity index (χ0n) is 11.6. The van der Waals surface area contributed by atoms with E-state index in [4.69, 9.17) is 16.3 Å². The number of hydrogen-bond acceptors (Lipinski definition) is 3. The highest BCUT2D eigenvalue weighted by atomic mass is 35.5. The van der Waals surface area contributed by atoms with Gasteiger partial charge in [0.15, 0.2) is 0 Å². The maximum absolute atomic E-state index is 12.3. The number of amides is 1. The van der Waals surface area contributed by atoms with Crippen LogP contribution < -0.4 is 5.32 Å². The van der Waals surface area contributed by atoms with Crippen molar-refractivity contribution in [3.63, 3.8) is 0 Å². The lowest BCUT2D eigenvalue weighted by Gasteiger charge is -2.31. The van der Waals surface area contributed by atoms with Crippen LogP contribution in [0.25, 0.3) is 0 Å². The fraction of sp³-hybridized carbons (Fsp3) is 0.500. The summed E-state index contributed by atoms with van der Waals surface area (Å²) in [7, 11) is 1.81. The van der Waals surface area contributed by atoms with Gasteiger partial charge in [-0.05, 0) is 24.6 Å².